The molecular formula is C6H19NP2+2. The van der Waals surface area contributed by atoms with Crippen molar-refractivity contribution in [1.29, 1.82) is 0 Å². The molecule has 0 rings (SSSR count). The molecule has 0 aliphatic carbocycles. The molecular weight excluding hydrogens is 148 g/mol. The molecule has 0 aromatic heterocycles. The minimum Gasteiger partial charge on any atom is -0.0786 e. The van der Waals surface area contributed by atoms with Crippen molar-refractivity contribution in [1.82, 2.24) is 4.86 Å². The van der Waals surface area contributed by atoms with Gasteiger partial charge in [0.15, 0.2) is 0 Å². The first-order valence-electron chi connectivity index (χ1n) is 3.13. The molecule has 3 heteroatoms. The number of hydrogen-bond donors (Lipinski definition) is 1. The van der Waals surface area contributed by atoms with Crippen LogP contribution < -0.4 is 4.86 Å². The van der Waals surface area contributed by atoms with Gasteiger partial charge in [-0.25, -0.2) is 0 Å². The van der Waals surface area contributed by atoms with Crippen molar-refractivity contribution in [2.75, 3.05) is 40.0 Å². The molecule has 0 amide bonds. The molecule has 0 aliphatic heterocycles. The van der Waals surface area contributed by atoms with Gasteiger partial charge in [0.25, 0.3) is 0 Å². The van der Waals surface area contributed by atoms with Crippen LogP contribution in [0.1, 0.15) is 0 Å². The highest BCUT2D eigenvalue weighted by atomic mass is 31.2. The van der Waals surface area contributed by atoms with E-state index in [0.29, 0.717) is 0 Å². The Morgan fingerprint density at radius 1 is 0.667 bits per heavy atom. The molecule has 1 N–H and O–H groups in total. The van der Waals surface area contributed by atoms with Gasteiger partial charge >= 0.3 is 0 Å². The van der Waals surface area contributed by atoms with Gasteiger partial charge in [-0.15, -0.1) is 0 Å². The summed E-state index contributed by atoms with van der Waals surface area (Å²) in [7, 11) is -1.48. The second-order valence-electron chi connectivity index (χ2n) is 4.12. The molecule has 0 fully saturated rings. The van der Waals surface area contributed by atoms with E-state index in [4.69, 9.17) is 0 Å². The van der Waals surface area contributed by atoms with Crippen LogP contribution in [0, 0.1) is 0 Å². The molecule has 0 heterocycles. The summed E-state index contributed by atoms with van der Waals surface area (Å²) in [4.78, 5) is 3.68. The van der Waals surface area contributed by atoms with Crippen molar-refractivity contribution in [2.24, 2.45) is 0 Å². The van der Waals surface area contributed by atoms with Crippen LogP contribution in [0.3, 0.4) is 0 Å². The van der Waals surface area contributed by atoms with E-state index in [1.807, 2.05) is 0 Å². The first-order chi connectivity index (χ1) is 3.71. The maximum absolute atomic E-state index is 3.68. The lowest BCUT2D eigenvalue weighted by molar-refractivity contribution is 1.51. The van der Waals surface area contributed by atoms with Crippen LogP contribution in [0.5, 0.6) is 0 Å². The van der Waals surface area contributed by atoms with Gasteiger partial charge in [-0.2, -0.15) is 0 Å². The topological polar surface area (TPSA) is 12.0 Å². The van der Waals surface area contributed by atoms with E-state index < -0.39 is 14.8 Å². The molecule has 0 bridgehead atoms. The molecule has 0 radical (unpaired) electrons. The maximum atomic E-state index is 3.68. The molecule has 1 nitrogen and oxygen atoms in total. The summed E-state index contributed by atoms with van der Waals surface area (Å²) in [5.41, 5.74) is 0. The first kappa shape index (κ1) is 9.82. The van der Waals surface area contributed by atoms with Crippen molar-refractivity contribution in [2.45, 2.75) is 0 Å². The summed E-state index contributed by atoms with van der Waals surface area (Å²) in [5, 5.41) is 0. The molecule has 0 atom stereocenters. The number of nitrogens with one attached hydrogen (secondary N) is 1. The third kappa shape index (κ3) is 8.82. The van der Waals surface area contributed by atoms with Gasteiger partial charge in [0.1, 0.15) is 14.8 Å². The fourth-order valence-electron chi connectivity index (χ4n) is 0.900. The Bertz CT molecular complexity index is 76.2. The molecule has 0 saturated heterocycles. The minimum atomic E-state index is -0.738. The van der Waals surface area contributed by atoms with Crippen LogP contribution in [0.2, 0.25) is 0 Å². The zero-order valence-electron chi connectivity index (χ0n) is 7.39. The third-order valence-electron chi connectivity index (χ3n) is 0.600. The highest BCUT2D eigenvalue weighted by Gasteiger charge is 2.30. The Morgan fingerprint density at radius 2 is 0.889 bits per heavy atom. The van der Waals surface area contributed by atoms with Crippen LogP contribution in [0.15, 0.2) is 0 Å². The van der Waals surface area contributed by atoms with Gasteiger partial charge in [0.2, 0.25) is 0 Å². The minimum absolute atomic E-state index is 0.738. The van der Waals surface area contributed by atoms with Crippen molar-refractivity contribution < 1.29 is 0 Å². The fourth-order valence-corrected chi connectivity index (χ4v) is 8.10. The summed E-state index contributed by atoms with van der Waals surface area (Å²) in [6.45, 7) is 13.9. The Labute approximate surface area is 60.4 Å². The summed E-state index contributed by atoms with van der Waals surface area (Å²) >= 11 is 0. The van der Waals surface area contributed by atoms with Gasteiger partial charge in [-0.3, -0.25) is 0 Å². The zero-order chi connectivity index (χ0) is 7.71. The van der Waals surface area contributed by atoms with Gasteiger partial charge in [-0.1, -0.05) is 4.86 Å². The second-order valence-corrected chi connectivity index (χ2v) is 13.0. The predicted molar refractivity (Wildman–Crippen MR) is 52.5 cm³/mol. The average molecular weight is 167 g/mol. The first-order valence-corrected chi connectivity index (χ1v) is 9.39. The maximum Gasteiger partial charge on any atom is 0.109 e. The lowest BCUT2D eigenvalue weighted by Crippen LogP contribution is -2.12. The van der Waals surface area contributed by atoms with Gasteiger partial charge in [0.05, 0.1) is 40.0 Å². The SMILES string of the molecule is C[P+](C)(C)N[P+](C)(C)C. The summed E-state index contributed by atoms with van der Waals surface area (Å²) in [6, 6.07) is 0. The van der Waals surface area contributed by atoms with Crippen LogP contribution >= 0.6 is 14.8 Å². The van der Waals surface area contributed by atoms with E-state index in [-0.39, 0.29) is 0 Å². The van der Waals surface area contributed by atoms with E-state index in [1.165, 1.54) is 0 Å². The van der Waals surface area contributed by atoms with Gasteiger partial charge in [0, 0.05) is 0 Å². The van der Waals surface area contributed by atoms with Crippen molar-refractivity contribution in [3.05, 3.63) is 0 Å². The Morgan fingerprint density at radius 3 is 0.889 bits per heavy atom. The van der Waals surface area contributed by atoms with E-state index in [1.54, 1.807) is 0 Å². The molecule has 9 heavy (non-hydrogen) atoms. The molecule has 0 spiro atoms. The number of rotatable bonds is 2. The lowest BCUT2D eigenvalue weighted by atomic mass is 11.9. The monoisotopic (exact) mass is 167 g/mol. The quantitative estimate of drug-likeness (QED) is 0.622. The van der Waals surface area contributed by atoms with Crippen LogP contribution in [-0.4, -0.2) is 40.0 Å². The van der Waals surface area contributed by atoms with Crippen molar-refractivity contribution >= 4 is 14.8 Å². The summed E-state index contributed by atoms with van der Waals surface area (Å²) < 4.78 is 0. The van der Waals surface area contributed by atoms with Crippen molar-refractivity contribution in [3.63, 3.8) is 0 Å². The van der Waals surface area contributed by atoms with Gasteiger partial charge in [-0.05, 0) is 0 Å². The number of hydrogen-bond acceptors (Lipinski definition) is 1. The third-order valence-corrected chi connectivity index (χ3v) is 5.40. The highest BCUT2D eigenvalue weighted by Crippen LogP contribution is 2.56. The normalized spacial score (nSPS) is 14.0. The Kier molecular flexibility index (Phi) is 3.08. The Hall–Kier alpha value is 0.820. The standard InChI is InChI=1S/C6H19NP2/c1-8(2,3)7-9(4,5)6/h7H,1-6H3/q+2. The van der Waals surface area contributed by atoms with E-state index in [2.05, 4.69) is 44.8 Å². The molecule has 0 aromatic carbocycles. The predicted octanol–water partition coefficient (Wildman–Crippen LogP) is 2.22. The van der Waals surface area contributed by atoms with Crippen LogP contribution in [-0.2, 0) is 0 Å². The largest absolute Gasteiger partial charge is 0.109 e. The average Bonchev–Trinajstić information content (AvgIpc) is 1.14. The highest BCUT2D eigenvalue weighted by molar-refractivity contribution is 7.86. The van der Waals surface area contributed by atoms with E-state index >= 15 is 0 Å². The zero-order valence-corrected chi connectivity index (χ0v) is 9.18. The van der Waals surface area contributed by atoms with Gasteiger partial charge < -0.3 is 0 Å². The molecule has 0 aliphatic rings. The van der Waals surface area contributed by atoms with E-state index in [0.717, 1.165) is 0 Å². The van der Waals surface area contributed by atoms with Crippen molar-refractivity contribution in [3.8, 4) is 0 Å². The molecule has 56 valence electrons. The van der Waals surface area contributed by atoms with Crippen LogP contribution in [0.25, 0.3) is 0 Å². The second kappa shape index (κ2) is 2.82. The lowest BCUT2D eigenvalue weighted by Gasteiger charge is -2.18. The smallest absolute Gasteiger partial charge is 0.0786 e. The fraction of sp³-hybridized carbons (Fsp3) is 1.00. The molecule has 0 unspecified atom stereocenters. The summed E-state index contributed by atoms with van der Waals surface area (Å²) in [5.74, 6) is 0. The summed E-state index contributed by atoms with van der Waals surface area (Å²) in [6.07, 6.45) is 0. The molecule has 0 aromatic rings. The van der Waals surface area contributed by atoms with E-state index in [9.17, 15) is 0 Å². The Balaban J connectivity index is 3.75. The molecule has 0 saturated carbocycles. The van der Waals surface area contributed by atoms with Crippen LogP contribution in [0.4, 0.5) is 0 Å².